The smallest absolute Gasteiger partial charge is 0.320 e. The third-order valence-corrected chi connectivity index (χ3v) is 4.53. The van der Waals surface area contributed by atoms with E-state index >= 15 is 0 Å². The fourth-order valence-corrected chi connectivity index (χ4v) is 3.10. The molecule has 0 bridgehead atoms. The maximum atomic E-state index is 12.7. The first kappa shape index (κ1) is 16.8. The first-order chi connectivity index (χ1) is 11.7. The second-order valence-electron chi connectivity index (χ2n) is 6.27. The van der Waals surface area contributed by atoms with Crippen molar-refractivity contribution in [2.24, 2.45) is 0 Å². The van der Waals surface area contributed by atoms with Crippen LogP contribution in [-0.4, -0.2) is 90.2 Å². The molecule has 0 unspecified atom stereocenters. The molecule has 3 heterocycles. The van der Waals surface area contributed by atoms with Crippen LogP contribution in [0.5, 0.6) is 11.8 Å². The van der Waals surface area contributed by atoms with Gasteiger partial charge in [-0.1, -0.05) is 0 Å². The Morgan fingerprint density at radius 3 is 2.50 bits per heavy atom. The Morgan fingerprint density at radius 2 is 1.79 bits per heavy atom. The summed E-state index contributed by atoms with van der Waals surface area (Å²) >= 11 is 0. The largest absolute Gasteiger partial charge is 0.477 e. The van der Waals surface area contributed by atoms with Crippen molar-refractivity contribution in [3.63, 3.8) is 0 Å². The lowest BCUT2D eigenvalue weighted by atomic mass is 10.1. The fourth-order valence-electron chi connectivity index (χ4n) is 3.10. The highest BCUT2D eigenvalue weighted by Gasteiger charge is 2.30. The van der Waals surface area contributed by atoms with Crippen molar-refractivity contribution in [2.45, 2.75) is 18.9 Å². The van der Waals surface area contributed by atoms with E-state index < -0.39 is 0 Å². The number of methoxy groups -OCH3 is 1. The fraction of sp³-hybridized carbons (Fsp3) is 0.688. The molecule has 1 aromatic heterocycles. The van der Waals surface area contributed by atoms with E-state index in [-0.39, 0.29) is 12.1 Å². The van der Waals surface area contributed by atoms with E-state index in [1.807, 2.05) is 9.80 Å². The molecule has 0 radical (unpaired) electrons. The van der Waals surface area contributed by atoms with Crippen molar-refractivity contribution in [1.82, 2.24) is 24.7 Å². The minimum absolute atomic E-state index is 0.0826. The number of aromatic nitrogens is 2. The van der Waals surface area contributed by atoms with Crippen LogP contribution in [0.2, 0.25) is 0 Å². The van der Waals surface area contributed by atoms with Crippen molar-refractivity contribution < 1.29 is 14.3 Å². The molecule has 0 spiro atoms. The topological polar surface area (TPSA) is 71.0 Å². The predicted molar refractivity (Wildman–Crippen MR) is 88.3 cm³/mol. The van der Waals surface area contributed by atoms with E-state index in [0.29, 0.717) is 18.3 Å². The SMILES string of the molecule is COc1nccnc1O[C@@H]1CCCN(C(=O)N2CCN(C)CC2)C1. The number of hydrogen-bond donors (Lipinski definition) is 0. The van der Waals surface area contributed by atoms with Gasteiger partial charge in [-0.25, -0.2) is 14.8 Å². The van der Waals surface area contributed by atoms with Gasteiger partial charge in [0, 0.05) is 45.1 Å². The molecular weight excluding hydrogens is 310 g/mol. The summed E-state index contributed by atoms with van der Waals surface area (Å²) in [6, 6.07) is 0.113. The van der Waals surface area contributed by atoms with E-state index in [9.17, 15) is 4.79 Å². The van der Waals surface area contributed by atoms with E-state index in [0.717, 1.165) is 45.6 Å². The van der Waals surface area contributed by atoms with E-state index in [1.165, 1.54) is 0 Å². The van der Waals surface area contributed by atoms with Gasteiger partial charge in [-0.3, -0.25) is 0 Å². The van der Waals surface area contributed by atoms with Crippen molar-refractivity contribution in [2.75, 3.05) is 53.4 Å². The summed E-state index contributed by atoms with van der Waals surface area (Å²) in [7, 11) is 3.63. The molecule has 1 aromatic rings. The molecule has 2 amide bonds. The molecule has 132 valence electrons. The van der Waals surface area contributed by atoms with E-state index in [1.54, 1.807) is 19.5 Å². The Hall–Kier alpha value is -2.09. The molecular formula is C16H25N5O3. The normalized spacial score (nSPS) is 22.3. The summed E-state index contributed by atoms with van der Waals surface area (Å²) in [5.41, 5.74) is 0. The number of nitrogens with zero attached hydrogens (tertiary/aromatic N) is 5. The number of urea groups is 1. The second-order valence-corrected chi connectivity index (χ2v) is 6.27. The zero-order valence-corrected chi connectivity index (χ0v) is 14.3. The molecule has 0 saturated carbocycles. The molecule has 2 saturated heterocycles. The predicted octanol–water partition coefficient (Wildman–Crippen LogP) is 0.696. The Labute approximate surface area is 142 Å². The highest BCUT2D eigenvalue weighted by molar-refractivity contribution is 5.74. The van der Waals surface area contributed by atoms with Crippen LogP contribution in [0.3, 0.4) is 0 Å². The van der Waals surface area contributed by atoms with Gasteiger partial charge in [0.1, 0.15) is 6.10 Å². The minimum atomic E-state index is -0.0826. The Kier molecular flexibility index (Phi) is 5.34. The summed E-state index contributed by atoms with van der Waals surface area (Å²) in [5, 5.41) is 0. The lowest BCUT2D eigenvalue weighted by molar-refractivity contribution is 0.0712. The van der Waals surface area contributed by atoms with Crippen molar-refractivity contribution in [1.29, 1.82) is 0 Å². The number of likely N-dealkylation sites (tertiary alicyclic amines) is 1. The van der Waals surface area contributed by atoms with Gasteiger partial charge in [0.05, 0.1) is 13.7 Å². The summed E-state index contributed by atoms with van der Waals surface area (Å²) < 4.78 is 11.1. The van der Waals surface area contributed by atoms with Crippen LogP contribution in [0, 0.1) is 0 Å². The molecule has 3 rings (SSSR count). The summed E-state index contributed by atoms with van der Waals surface area (Å²) in [6.07, 6.45) is 4.88. The summed E-state index contributed by atoms with van der Waals surface area (Å²) in [6.45, 7) is 4.78. The maximum absolute atomic E-state index is 12.7. The van der Waals surface area contributed by atoms with Crippen LogP contribution in [0.1, 0.15) is 12.8 Å². The Bertz CT molecular complexity index is 562. The zero-order valence-electron chi connectivity index (χ0n) is 14.3. The van der Waals surface area contributed by atoms with Crippen molar-refractivity contribution in [3.8, 4) is 11.8 Å². The number of likely N-dealkylation sites (N-methyl/N-ethyl adjacent to an activating group) is 1. The van der Waals surface area contributed by atoms with Gasteiger partial charge in [0.2, 0.25) is 0 Å². The van der Waals surface area contributed by atoms with Gasteiger partial charge in [0.15, 0.2) is 0 Å². The van der Waals surface area contributed by atoms with Crippen molar-refractivity contribution >= 4 is 6.03 Å². The van der Waals surface area contributed by atoms with Crippen LogP contribution in [0.15, 0.2) is 12.4 Å². The minimum Gasteiger partial charge on any atom is -0.477 e. The van der Waals surface area contributed by atoms with Crippen LogP contribution < -0.4 is 9.47 Å². The standard InChI is InChI=1S/C16H25N5O3/c1-19-8-10-20(11-9-19)16(22)21-7-3-4-13(12-21)24-15-14(23-2)17-5-6-18-15/h5-6,13H,3-4,7-12H2,1-2H3/t13-/m1/s1. The molecule has 0 aromatic carbocycles. The number of hydrogen-bond acceptors (Lipinski definition) is 6. The number of rotatable bonds is 3. The summed E-state index contributed by atoms with van der Waals surface area (Å²) in [4.78, 5) is 27.1. The molecule has 2 aliphatic heterocycles. The number of amides is 2. The Balaban J connectivity index is 1.59. The number of ether oxygens (including phenoxy) is 2. The second kappa shape index (κ2) is 7.65. The molecule has 8 nitrogen and oxygen atoms in total. The molecule has 2 fully saturated rings. The van der Waals surface area contributed by atoms with Gasteiger partial charge >= 0.3 is 6.03 Å². The molecule has 0 aliphatic carbocycles. The number of piperazine rings is 1. The molecule has 24 heavy (non-hydrogen) atoms. The van der Waals surface area contributed by atoms with Crippen LogP contribution in [0.4, 0.5) is 4.79 Å². The highest BCUT2D eigenvalue weighted by atomic mass is 16.5. The highest BCUT2D eigenvalue weighted by Crippen LogP contribution is 2.24. The average molecular weight is 335 g/mol. The van der Waals surface area contributed by atoms with Crippen LogP contribution >= 0.6 is 0 Å². The lowest BCUT2D eigenvalue weighted by Crippen LogP contribution is -2.54. The first-order valence-electron chi connectivity index (χ1n) is 8.41. The van der Waals surface area contributed by atoms with Crippen molar-refractivity contribution in [3.05, 3.63) is 12.4 Å². The molecule has 2 aliphatic rings. The lowest BCUT2D eigenvalue weighted by Gasteiger charge is -2.39. The Morgan fingerprint density at radius 1 is 1.08 bits per heavy atom. The van der Waals surface area contributed by atoms with Crippen LogP contribution in [0.25, 0.3) is 0 Å². The quantitative estimate of drug-likeness (QED) is 0.810. The third-order valence-electron chi connectivity index (χ3n) is 4.53. The van der Waals surface area contributed by atoms with Gasteiger partial charge < -0.3 is 24.2 Å². The van der Waals surface area contributed by atoms with Crippen LogP contribution in [-0.2, 0) is 0 Å². The first-order valence-corrected chi connectivity index (χ1v) is 8.41. The average Bonchev–Trinajstić information content (AvgIpc) is 2.62. The van der Waals surface area contributed by atoms with E-state index in [4.69, 9.17) is 9.47 Å². The van der Waals surface area contributed by atoms with Gasteiger partial charge in [-0.2, -0.15) is 0 Å². The zero-order chi connectivity index (χ0) is 16.9. The molecule has 1 atom stereocenters. The number of carbonyl (C=O) groups is 1. The maximum Gasteiger partial charge on any atom is 0.320 e. The summed E-state index contributed by atoms with van der Waals surface area (Å²) in [5.74, 6) is 0.763. The van der Waals surface area contributed by atoms with E-state index in [2.05, 4.69) is 21.9 Å². The third kappa shape index (κ3) is 3.87. The van der Waals surface area contributed by atoms with Gasteiger partial charge in [-0.05, 0) is 19.9 Å². The van der Waals surface area contributed by atoms with Gasteiger partial charge in [-0.15, -0.1) is 0 Å². The van der Waals surface area contributed by atoms with Gasteiger partial charge in [0.25, 0.3) is 11.8 Å². The molecule has 8 heteroatoms. The number of piperidine rings is 1. The number of carbonyl (C=O) groups excluding carboxylic acids is 1. The monoisotopic (exact) mass is 335 g/mol. The molecule has 0 N–H and O–H groups in total.